The van der Waals surface area contributed by atoms with E-state index in [1.165, 1.54) is 0 Å². The summed E-state index contributed by atoms with van der Waals surface area (Å²) in [6, 6.07) is 12.4. The van der Waals surface area contributed by atoms with Crippen molar-refractivity contribution in [3.05, 3.63) is 57.5 Å². The monoisotopic (exact) mass is 425 g/mol. The number of hydrogen-bond acceptors (Lipinski definition) is 4. The van der Waals surface area contributed by atoms with Gasteiger partial charge in [0.05, 0.1) is 6.54 Å². The standard InChI is InChI=1S/C17H17BrClN3O3/c1-11-14(19)6-3-7-15(11)21-16(23)9-20-22-17(24)10-25-13-5-2-4-12(18)8-13/h2-8,20H,9-10H2,1H3,(H,21,23)(H,22,24). The van der Waals surface area contributed by atoms with Gasteiger partial charge in [0.15, 0.2) is 6.61 Å². The Morgan fingerprint density at radius 2 is 1.92 bits per heavy atom. The number of ether oxygens (including phenoxy) is 1. The first-order valence-corrected chi connectivity index (χ1v) is 8.58. The summed E-state index contributed by atoms with van der Waals surface area (Å²) >= 11 is 9.32. The number of hydrogen-bond donors (Lipinski definition) is 3. The van der Waals surface area contributed by atoms with Crippen LogP contribution in [0.5, 0.6) is 5.75 Å². The molecule has 0 bridgehead atoms. The first kappa shape index (κ1) is 19.2. The second-order valence-corrected chi connectivity index (χ2v) is 6.43. The van der Waals surface area contributed by atoms with E-state index >= 15 is 0 Å². The molecule has 0 saturated heterocycles. The lowest BCUT2D eigenvalue weighted by atomic mass is 10.2. The quantitative estimate of drug-likeness (QED) is 0.595. The molecule has 0 heterocycles. The van der Waals surface area contributed by atoms with E-state index in [9.17, 15) is 9.59 Å². The molecule has 0 aliphatic rings. The van der Waals surface area contributed by atoms with Crippen molar-refractivity contribution in [3.63, 3.8) is 0 Å². The highest BCUT2D eigenvalue weighted by atomic mass is 79.9. The lowest BCUT2D eigenvalue weighted by Crippen LogP contribution is -2.44. The molecule has 8 heteroatoms. The summed E-state index contributed by atoms with van der Waals surface area (Å²) in [6.45, 7) is 1.56. The minimum Gasteiger partial charge on any atom is -0.484 e. The zero-order chi connectivity index (χ0) is 18.2. The summed E-state index contributed by atoms with van der Waals surface area (Å²) in [5.74, 6) is -0.135. The Balaban J connectivity index is 1.70. The number of hydrazine groups is 1. The van der Waals surface area contributed by atoms with Crippen LogP contribution in [-0.4, -0.2) is 25.0 Å². The highest BCUT2D eigenvalue weighted by Gasteiger charge is 2.08. The van der Waals surface area contributed by atoms with Crippen LogP contribution in [0.25, 0.3) is 0 Å². The van der Waals surface area contributed by atoms with Crippen LogP contribution < -0.4 is 20.9 Å². The summed E-state index contributed by atoms with van der Waals surface area (Å²) in [7, 11) is 0. The molecule has 0 spiro atoms. The number of benzene rings is 2. The second kappa shape index (κ2) is 9.41. The van der Waals surface area contributed by atoms with Crippen LogP contribution in [0.15, 0.2) is 46.9 Å². The minimum absolute atomic E-state index is 0.0887. The first-order chi connectivity index (χ1) is 12.0. The van der Waals surface area contributed by atoms with Crippen molar-refractivity contribution >= 4 is 45.0 Å². The Hall–Kier alpha value is -2.09. The molecular formula is C17H17BrClN3O3. The van der Waals surface area contributed by atoms with Gasteiger partial charge in [0, 0.05) is 15.2 Å². The number of carbonyl (C=O) groups excluding carboxylic acids is 2. The van der Waals surface area contributed by atoms with Crippen molar-refractivity contribution in [1.82, 2.24) is 10.9 Å². The zero-order valence-electron chi connectivity index (χ0n) is 13.4. The average Bonchev–Trinajstić information content (AvgIpc) is 2.57. The molecule has 0 radical (unpaired) electrons. The fourth-order valence-corrected chi connectivity index (χ4v) is 2.45. The molecule has 132 valence electrons. The molecule has 2 aromatic rings. The Morgan fingerprint density at radius 3 is 2.68 bits per heavy atom. The molecule has 2 amide bonds. The summed E-state index contributed by atoms with van der Waals surface area (Å²) in [5, 5.41) is 3.29. The van der Waals surface area contributed by atoms with Crippen molar-refractivity contribution in [3.8, 4) is 5.75 Å². The molecule has 6 nitrogen and oxygen atoms in total. The molecule has 0 aliphatic carbocycles. The number of amides is 2. The van der Waals surface area contributed by atoms with Crippen molar-refractivity contribution in [2.24, 2.45) is 0 Å². The number of nitrogens with one attached hydrogen (secondary N) is 3. The van der Waals surface area contributed by atoms with E-state index in [-0.39, 0.29) is 19.1 Å². The summed E-state index contributed by atoms with van der Waals surface area (Å²) in [6.07, 6.45) is 0. The third-order valence-corrected chi connectivity index (χ3v) is 4.09. The highest BCUT2D eigenvalue weighted by molar-refractivity contribution is 9.10. The Kier molecular flexibility index (Phi) is 7.24. The molecule has 0 atom stereocenters. The maximum absolute atomic E-state index is 11.9. The fourth-order valence-electron chi connectivity index (χ4n) is 1.90. The normalized spacial score (nSPS) is 10.2. The molecule has 3 N–H and O–H groups in total. The number of anilines is 1. The van der Waals surface area contributed by atoms with Crippen LogP contribution in [0.4, 0.5) is 5.69 Å². The molecule has 0 aromatic heterocycles. The van der Waals surface area contributed by atoms with Crippen molar-refractivity contribution in [2.75, 3.05) is 18.5 Å². The second-order valence-electron chi connectivity index (χ2n) is 5.11. The topological polar surface area (TPSA) is 79.5 Å². The van der Waals surface area contributed by atoms with Gasteiger partial charge in [-0.1, -0.05) is 39.7 Å². The Morgan fingerprint density at radius 1 is 1.16 bits per heavy atom. The molecule has 0 saturated carbocycles. The van der Waals surface area contributed by atoms with E-state index in [4.69, 9.17) is 16.3 Å². The molecule has 0 unspecified atom stereocenters. The maximum atomic E-state index is 11.9. The van der Waals surface area contributed by atoms with E-state index in [1.54, 1.807) is 36.4 Å². The van der Waals surface area contributed by atoms with E-state index in [1.807, 2.05) is 13.0 Å². The molecule has 2 rings (SSSR count). The first-order valence-electron chi connectivity index (χ1n) is 7.41. The average molecular weight is 427 g/mol. The summed E-state index contributed by atoms with van der Waals surface area (Å²) in [4.78, 5) is 23.6. The third kappa shape index (κ3) is 6.38. The third-order valence-electron chi connectivity index (χ3n) is 3.18. The van der Waals surface area contributed by atoms with Gasteiger partial charge in [-0.2, -0.15) is 0 Å². The van der Waals surface area contributed by atoms with Crippen LogP contribution in [0.1, 0.15) is 5.56 Å². The maximum Gasteiger partial charge on any atom is 0.271 e. The van der Waals surface area contributed by atoms with E-state index in [0.717, 1.165) is 10.0 Å². The van der Waals surface area contributed by atoms with Crippen LogP contribution in [0.2, 0.25) is 5.02 Å². The highest BCUT2D eigenvalue weighted by Crippen LogP contribution is 2.22. The van der Waals surface area contributed by atoms with Crippen LogP contribution in [0.3, 0.4) is 0 Å². The van der Waals surface area contributed by atoms with Crippen molar-refractivity contribution < 1.29 is 14.3 Å². The number of rotatable bonds is 7. The van der Waals surface area contributed by atoms with Gasteiger partial charge in [-0.05, 0) is 42.8 Å². The van der Waals surface area contributed by atoms with E-state index < -0.39 is 5.91 Å². The Bertz CT molecular complexity index is 771. The SMILES string of the molecule is Cc1c(Cl)cccc1NC(=O)CNNC(=O)COc1cccc(Br)c1. The van der Waals surface area contributed by atoms with Gasteiger partial charge in [-0.25, -0.2) is 5.43 Å². The molecule has 0 fully saturated rings. The van der Waals surface area contributed by atoms with Gasteiger partial charge < -0.3 is 10.1 Å². The van der Waals surface area contributed by atoms with Crippen molar-refractivity contribution in [2.45, 2.75) is 6.92 Å². The minimum atomic E-state index is -0.397. The fraction of sp³-hybridized carbons (Fsp3) is 0.176. The molecule has 2 aromatic carbocycles. The van der Waals surface area contributed by atoms with E-state index in [0.29, 0.717) is 16.5 Å². The van der Waals surface area contributed by atoms with Gasteiger partial charge in [0.25, 0.3) is 5.91 Å². The lowest BCUT2D eigenvalue weighted by Gasteiger charge is -2.11. The van der Waals surface area contributed by atoms with Crippen LogP contribution >= 0.6 is 27.5 Å². The van der Waals surface area contributed by atoms with Gasteiger partial charge in [-0.15, -0.1) is 0 Å². The zero-order valence-corrected chi connectivity index (χ0v) is 15.8. The molecule has 25 heavy (non-hydrogen) atoms. The predicted molar refractivity (Wildman–Crippen MR) is 101 cm³/mol. The van der Waals surface area contributed by atoms with Crippen molar-refractivity contribution in [1.29, 1.82) is 0 Å². The number of halogens is 2. The number of carbonyl (C=O) groups is 2. The molecular weight excluding hydrogens is 410 g/mol. The van der Waals surface area contributed by atoms with Gasteiger partial charge >= 0.3 is 0 Å². The predicted octanol–water partition coefficient (Wildman–Crippen LogP) is 3.05. The van der Waals surface area contributed by atoms with E-state index in [2.05, 4.69) is 32.1 Å². The smallest absolute Gasteiger partial charge is 0.271 e. The lowest BCUT2D eigenvalue weighted by molar-refractivity contribution is -0.124. The van der Waals surface area contributed by atoms with Gasteiger partial charge in [-0.3, -0.25) is 15.0 Å². The van der Waals surface area contributed by atoms with Gasteiger partial charge in [0.2, 0.25) is 5.91 Å². The van der Waals surface area contributed by atoms with Crippen LogP contribution in [0, 0.1) is 6.92 Å². The summed E-state index contributed by atoms with van der Waals surface area (Å²) < 4.78 is 6.19. The Labute approximate surface area is 159 Å². The largest absolute Gasteiger partial charge is 0.484 e. The molecule has 0 aliphatic heterocycles. The van der Waals surface area contributed by atoms with Crippen LogP contribution in [-0.2, 0) is 9.59 Å². The summed E-state index contributed by atoms with van der Waals surface area (Å²) in [5.41, 5.74) is 6.36. The van der Waals surface area contributed by atoms with Gasteiger partial charge in [0.1, 0.15) is 5.75 Å².